The Morgan fingerprint density at radius 3 is 2.59 bits per heavy atom. The monoisotopic (exact) mass is 239 g/mol. The van der Waals surface area contributed by atoms with Gasteiger partial charge in [-0.15, -0.1) is 0 Å². The molecule has 0 aromatic carbocycles. The van der Waals surface area contributed by atoms with Crippen molar-refractivity contribution in [1.29, 1.82) is 0 Å². The number of nitrogens with one attached hydrogen (secondary N) is 3. The van der Waals surface area contributed by atoms with Crippen molar-refractivity contribution < 1.29 is 9.59 Å². The van der Waals surface area contributed by atoms with Crippen molar-refractivity contribution in [3.05, 3.63) is 17.5 Å². The van der Waals surface area contributed by atoms with E-state index in [1.54, 1.807) is 11.6 Å². The summed E-state index contributed by atoms with van der Waals surface area (Å²) >= 11 is 0. The molecule has 3 N–H and O–H groups in total. The molecule has 0 radical (unpaired) electrons. The van der Waals surface area contributed by atoms with Crippen molar-refractivity contribution >= 4 is 11.9 Å². The molecule has 0 atom stereocenters. The molecule has 1 aromatic rings. The lowest BCUT2D eigenvalue weighted by Crippen LogP contribution is -2.47. The fourth-order valence-corrected chi connectivity index (χ4v) is 1.34. The predicted octanol–water partition coefficient (Wildman–Crippen LogP) is -0.150. The minimum absolute atomic E-state index is 0.0755. The van der Waals surface area contributed by atoms with Crippen LogP contribution in [0.5, 0.6) is 0 Å². The Morgan fingerprint density at radius 1 is 1.35 bits per heavy atom. The minimum atomic E-state index is -0.436. The lowest BCUT2D eigenvalue weighted by atomic mass is 10.4. The second-order valence-corrected chi connectivity index (χ2v) is 3.62. The fourth-order valence-electron chi connectivity index (χ4n) is 1.34. The number of aromatic nitrogens is 2. The Labute approximate surface area is 99.5 Å². The van der Waals surface area contributed by atoms with Crippen LogP contribution in [-0.2, 0) is 11.3 Å². The maximum absolute atomic E-state index is 11.5. The Morgan fingerprint density at radius 2 is 2.06 bits per heavy atom. The number of hydrogen-bond acceptors (Lipinski definition) is 3. The summed E-state index contributed by atoms with van der Waals surface area (Å²) in [6.07, 6.45) is 0. The number of amides is 3. The van der Waals surface area contributed by atoms with E-state index in [4.69, 9.17) is 0 Å². The van der Waals surface area contributed by atoms with Crippen molar-refractivity contribution in [3.63, 3.8) is 0 Å². The smallest absolute Gasteiger partial charge is 0.333 e. The molecule has 17 heavy (non-hydrogen) atoms. The van der Waals surface area contributed by atoms with Crippen LogP contribution in [0.3, 0.4) is 0 Å². The standard InChI is InChI=1S/C10H17N5O2/c1-4-11-10(17)13-12-9(16)6-15-8(3)5-7(2)14-15/h5H,4,6H2,1-3H3,(H,12,16)(H2,11,13,17). The maximum Gasteiger partial charge on any atom is 0.333 e. The van der Waals surface area contributed by atoms with Crippen LogP contribution in [0, 0.1) is 13.8 Å². The Kier molecular flexibility index (Phi) is 4.50. The topological polar surface area (TPSA) is 88.0 Å². The van der Waals surface area contributed by atoms with Gasteiger partial charge >= 0.3 is 6.03 Å². The molecule has 0 unspecified atom stereocenters. The Bertz CT molecular complexity index is 413. The average molecular weight is 239 g/mol. The molecule has 0 spiro atoms. The fraction of sp³-hybridized carbons (Fsp3) is 0.500. The number of urea groups is 1. The molecular formula is C10H17N5O2. The number of hydrogen-bond donors (Lipinski definition) is 3. The van der Waals surface area contributed by atoms with Crippen LogP contribution >= 0.6 is 0 Å². The minimum Gasteiger partial charge on any atom is -0.337 e. The number of carbonyl (C=O) groups is 2. The maximum atomic E-state index is 11.5. The first-order valence-electron chi connectivity index (χ1n) is 5.36. The van der Waals surface area contributed by atoms with E-state index >= 15 is 0 Å². The summed E-state index contributed by atoms with van der Waals surface area (Å²) in [5.41, 5.74) is 6.28. The molecular weight excluding hydrogens is 222 g/mol. The zero-order valence-corrected chi connectivity index (χ0v) is 10.2. The summed E-state index contributed by atoms with van der Waals surface area (Å²) in [7, 11) is 0. The number of carbonyl (C=O) groups excluding carboxylic acids is 2. The molecule has 0 saturated heterocycles. The molecule has 0 aliphatic carbocycles. The van der Waals surface area contributed by atoms with Gasteiger partial charge in [-0.25, -0.2) is 10.2 Å². The van der Waals surface area contributed by atoms with E-state index in [2.05, 4.69) is 21.3 Å². The first kappa shape index (κ1) is 13.0. The van der Waals surface area contributed by atoms with Crippen molar-refractivity contribution in [2.45, 2.75) is 27.3 Å². The number of nitrogens with zero attached hydrogens (tertiary/aromatic N) is 2. The number of hydrazine groups is 1. The second kappa shape index (κ2) is 5.88. The van der Waals surface area contributed by atoms with Crippen LogP contribution < -0.4 is 16.2 Å². The highest BCUT2D eigenvalue weighted by Gasteiger charge is 2.07. The molecule has 0 bridgehead atoms. The second-order valence-electron chi connectivity index (χ2n) is 3.62. The highest BCUT2D eigenvalue weighted by Crippen LogP contribution is 2.00. The molecule has 0 saturated carbocycles. The van der Waals surface area contributed by atoms with Gasteiger partial charge in [0.25, 0.3) is 5.91 Å². The molecule has 0 fully saturated rings. The third kappa shape index (κ3) is 4.13. The summed E-state index contributed by atoms with van der Waals surface area (Å²) in [5.74, 6) is -0.331. The molecule has 7 nitrogen and oxygen atoms in total. The van der Waals surface area contributed by atoms with Gasteiger partial charge in [0.2, 0.25) is 0 Å². The molecule has 0 aliphatic rings. The Balaban J connectivity index is 2.40. The largest absolute Gasteiger partial charge is 0.337 e. The summed E-state index contributed by atoms with van der Waals surface area (Å²) in [5, 5.41) is 6.63. The van der Waals surface area contributed by atoms with Crippen LogP contribution in [0.1, 0.15) is 18.3 Å². The van der Waals surface area contributed by atoms with E-state index in [-0.39, 0.29) is 12.5 Å². The normalized spacial score (nSPS) is 9.82. The molecule has 1 aromatic heterocycles. The first-order chi connectivity index (χ1) is 8.02. The molecule has 1 heterocycles. The van der Waals surface area contributed by atoms with Gasteiger partial charge < -0.3 is 5.32 Å². The van der Waals surface area contributed by atoms with Crippen molar-refractivity contribution in [1.82, 2.24) is 25.9 Å². The van der Waals surface area contributed by atoms with Crippen molar-refractivity contribution in [2.75, 3.05) is 6.54 Å². The van der Waals surface area contributed by atoms with E-state index in [0.717, 1.165) is 11.4 Å². The SMILES string of the molecule is CCNC(=O)NNC(=O)Cn1nc(C)cc1C. The van der Waals surface area contributed by atoms with Gasteiger partial charge in [-0.1, -0.05) is 0 Å². The van der Waals surface area contributed by atoms with Crippen LogP contribution in [0.25, 0.3) is 0 Å². The van der Waals surface area contributed by atoms with Gasteiger partial charge in [0.05, 0.1) is 5.69 Å². The zero-order chi connectivity index (χ0) is 12.8. The van der Waals surface area contributed by atoms with Gasteiger partial charge in [-0.3, -0.25) is 14.9 Å². The van der Waals surface area contributed by atoms with Gasteiger partial charge in [-0.05, 0) is 26.8 Å². The molecule has 7 heteroatoms. The molecule has 3 amide bonds. The van der Waals surface area contributed by atoms with Crippen molar-refractivity contribution in [3.8, 4) is 0 Å². The van der Waals surface area contributed by atoms with E-state index in [1.165, 1.54) is 0 Å². The van der Waals surface area contributed by atoms with E-state index in [0.29, 0.717) is 6.54 Å². The number of rotatable bonds is 3. The quantitative estimate of drug-likeness (QED) is 0.641. The lowest BCUT2D eigenvalue weighted by molar-refractivity contribution is -0.122. The highest BCUT2D eigenvalue weighted by molar-refractivity contribution is 5.80. The predicted molar refractivity (Wildman–Crippen MR) is 62.1 cm³/mol. The van der Waals surface area contributed by atoms with Crippen LogP contribution in [0.2, 0.25) is 0 Å². The first-order valence-corrected chi connectivity index (χ1v) is 5.36. The molecule has 94 valence electrons. The number of aryl methyl sites for hydroxylation is 2. The van der Waals surface area contributed by atoms with E-state index in [1.807, 2.05) is 19.9 Å². The summed E-state index contributed by atoms with van der Waals surface area (Å²) in [6.45, 7) is 6.08. The summed E-state index contributed by atoms with van der Waals surface area (Å²) in [6, 6.07) is 1.44. The van der Waals surface area contributed by atoms with Crippen LogP contribution in [0.4, 0.5) is 4.79 Å². The van der Waals surface area contributed by atoms with Crippen LogP contribution in [0.15, 0.2) is 6.07 Å². The molecule has 1 rings (SSSR count). The van der Waals surface area contributed by atoms with E-state index < -0.39 is 6.03 Å². The molecule has 0 aliphatic heterocycles. The van der Waals surface area contributed by atoms with Crippen molar-refractivity contribution in [2.24, 2.45) is 0 Å². The third-order valence-electron chi connectivity index (χ3n) is 2.05. The van der Waals surface area contributed by atoms with E-state index in [9.17, 15) is 9.59 Å². The average Bonchev–Trinajstić information content (AvgIpc) is 2.55. The zero-order valence-electron chi connectivity index (χ0n) is 10.2. The van der Waals surface area contributed by atoms with Crippen LogP contribution in [-0.4, -0.2) is 28.3 Å². The van der Waals surface area contributed by atoms with Gasteiger partial charge in [-0.2, -0.15) is 5.10 Å². The third-order valence-corrected chi connectivity index (χ3v) is 2.05. The van der Waals surface area contributed by atoms with Gasteiger partial charge in [0.15, 0.2) is 0 Å². The Hall–Kier alpha value is -2.05. The van der Waals surface area contributed by atoms with Gasteiger partial charge in [0, 0.05) is 12.2 Å². The summed E-state index contributed by atoms with van der Waals surface area (Å²) < 4.78 is 1.57. The van der Waals surface area contributed by atoms with Gasteiger partial charge in [0.1, 0.15) is 6.54 Å². The highest BCUT2D eigenvalue weighted by atomic mass is 16.2. The lowest BCUT2D eigenvalue weighted by Gasteiger charge is -2.08. The summed E-state index contributed by atoms with van der Waals surface area (Å²) in [4.78, 5) is 22.5.